The summed E-state index contributed by atoms with van der Waals surface area (Å²) in [5.74, 6) is -1.38. The minimum Gasteiger partial charge on any atom is -0.462 e. The molecule has 96 heavy (non-hydrogen) atoms. The number of hydrogen-bond donors (Lipinski definition) is 3. The second-order valence-electron chi connectivity index (χ2n) is 28.0. The fourth-order valence-corrected chi connectivity index (χ4v) is 13.4. The lowest BCUT2D eigenvalue weighted by molar-refractivity contribution is -0.161. The Morgan fingerprint density at radius 1 is 0.292 bits per heavy atom. The summed E-state index contributed by atoms with van der Waals surface area (Å²) in [5.41, 5.74) is 0. The van der Waals surface area contributed by atoms with Crippen molar-refractivity contribution in [2.24, 2.45) is 5.92 Å². The van der Waals surface area contributed by atoms with E-state index in [0.717, 1.165) is 102 Å². The van der Waals surface area contributed by atoms with Gasteiger partial charge in [0.25, 0.3) is 0 Å². The lowest BCUT2D eigenvalue weighted by atomic mass is 10.00. The fraction of sp³-hybridized carbons (Fsp3) is 0.948. The summed E-state index contributed by atoms with van der Waals surface area (Å²) in [6.07, 6.45) is 59.6. The number of esters is 4. The van der Waals surface area contributed by atoms with Crippen molar-refractivity contribution in [3.05, 3.63) is 0 Å². The molecule has 0 spiro atoms. The van der Waals surface area contributed by atoms with Gasteiger partial charge in [0, 0.05) is 25.7 Å². The summed E-state index contributed by atoms with van der Waals surface area (Å²) in [6.45, 7) is 7.27. The first-order valence-corrected chi connectivity index (χ1v) is 43.2. The van der Waals surface area contributed by atoms with Gasteiger partial charge >= 0.3 is 39.5 Å². The predicted molar refractivity (Wildman–Crippen MR) is 391 cm³/mol. The Labute approximate surface area is 588 Å². The summed E-state index contributed by atoms with van der Waals surface area (Å²) in [6, 6.07) is 0. The number of ether oxygens (including phenoxy) is 4. The molecule has 0 aromatic heterocycles. The van der Waals surface area contributed by atoms with E-state index >= 15 is 0 Å². The average molecular weight is 1410 g/mol. The van der Waals surface area contributed by atoms with Crippen LogP contribution in [0.4, 0.5) is 0 Å². The number of aliphatic hydroxyl groups excluding tert-OH is 1. The Morgan fingerprint density at radius 2 is 0.500 bits per heavy atom. The first-order chi connectivity index (χ1) is 46.6. The Kier molecular flexibility index (Phi) is 68.7. The molecule has 6 atom stereocenters. The maximum atomic E-state index is 13.1. The third-order valence-electron chi connectivity index (χ3n) is 18.4. The van der Waals surface area contributed by atoms with E-state index in [1.807, 2.05) is 0 Å². The molecule has 0 heterocycles. The van der Waals surface area contributed by atoms with Crippen LogP contribution in [-0.4, -0.2) is 96.7 Å². The maximum Gasteiger partial charge on any atom is 0.472 e. The van der Waals surface area contributed by atoms with Crippen LogP contribution in [0.25, 0.3) is 0 Å². The number of phosphoric ester groups is 2. The van der Waals surface area contributed by atoms with Crippen molar-refractivity contribution in [3.63, 3.8) is 0 Å². The molecular formula is C77H150O17P2. The zero-order valence-corrected chi connectivity index (χ0v) is 64.3. The lowest BCUT2D eigenvalue weighted by Gasteiger charge is -2.21. The van der Waals surface area contributed by atoms with Crippen LogP contribution in [-0.2, 0) is 65.4 Å². The van der Waals surface area contributed by atoms with Gasteiger partial charge in [-0.25, -0.2) is 9.13 Å². The minimum absolute atomic E-state index is 0.107. The predicted octanol–water partition coefficient (Wildman–Crippen LogP) is 22.9. The van der Waals surface area contributed by atoms with Crippen molar-refractivity contribution in [2.45, 2.75) is 425 Å². The summed E-state index contributed by atoms with van der Waals surface area (Å²) in [7, 11) is -9.91. The third-order valence-corrected chi connectivity index (χ3v) is 20.3. The largest absolute Gasteiger partial charge is 0.472 e. The number of carbonyl (C=O) groups is 4. The second kappa shape index (κ2) is 70.1. The van der Waals surface area contributed by atoms with E-state index in [9.17, 15) is 43.2 Å². The number of phosphoric acid groups is 2. The van der Waals surface area contributed by atoms with E-state index in [1.165, 1.54) is 225 Å². The molecule has 3 unspecified atom stereocenters. The fourth-order valence-electron chi connectivity index (χ4n) is 11.8. The molecule has 570 valence electrons. The van der Waals surface area contributed by atoms with Crippen molar-refractivity contribution < 1.29 is 80.2 Å². The Morgan fingerprint density at radius 3 is 0.740 bits per heavy atom. The second-order valence-corrected chi connectivity index (χ2v) is 30.9. The summed E-state index contributed by atoms with van der Waals surface area (Å²) in [4.78, 5) is 72.9. The van der Waals surface area contributed by atoms with Gasteiger partial charge in [-0.1, -0.05) is 356 Å². The quantitative estimate of drug-likeness (QED) is 0.0222. The number of unbranched alkanes of at least 4 members (excludes halogenated alkanes) is 48. The number of hydrogen-bond acceptors (Lipinski definition) is 15. The van der Waals surface area contributed by atoms with Crippen LogP contribution in [0.15, 0.2) is 0 Å². The van der Waals surface area contributed by atoms with E-state index < -0.39 is 97.5 Å². The normalized spacial score (nSPS) is 14.2. The minimum atomic E-state index is -4.96. The Balaban J connectivity index is 5.24. The SMILES string of the molecule is CCCCCCCCCCCCCCCCCCCC(=O)O[C@H](COC(=O)CCCCCCCCCCCCCCCCCC)COP(=O)(O)OC[C@@H](O)COP(=O)(O)OC[C@@H](COC(=O)CCCCCCCCC(C)CC)OC(=O)CCCCCCCCCCCCCCC. The van der Waals surface area contributed by atoms with Gasteiger partial charge in [0.2, 0.25) is 0 Å². The van der Waals surface area contributed by atoms with Crippen molar-refractivity contribution in [3.8, 4) is 0 Å². The van der Waals surface area contributed by atoms with E-state index in [1.54, 1.807) is 0 Å². The molecule has 0 fully saturated rings. The van der Waals surface area contributed by atoms with Gasteiger partial charge in [-0.2, -0.15) is 0 Å². The third kappa shape index (κ3) is 69.2. The monoisotopic (exact) mass is 1410 g/mol. The average Bonchev–Trinajstić information content (AvgIpc) is 1.49. The van der Waals surface area contributed by atoms with Gasteiger partial charge < -0.3 is 33.8 Å². The molecule has 0 amide bonds. The van der Waals surface area contributed by atoms with Crippen LogP contribution in [0.3, 0.4) is 0 Å². The molecule has 17 nitrogen and oxygen atoms in total. The van der Waals surface area contributed by atoms with Crippen LogP contribution >= 0.6 is 15.6 Å². The van der Waals surface area contributed by atoms with Gasteiger partial charge in [-0.15, -0.1) is 0 Å². The van der Waals surface area contributed by atoms with Gasteiger partial charge in [0.1, 0.15) is 19.3 Å². The first kappa shape index (κ1) is 94.1. The van der Waals surface area contributed by atoms with Gasteiger partial charge in [0.15, 0.2) is 12.2 Å². The van der Waals surface area contributed by atoms with Crippen molar-refractivity contribution in [1.29, 1.82) is 0 Å². The smallest absolute Gasteiger partial charge is 0.462 e. The van der Waals surface area contributed by atoms with Gasteiger partial charge in [-0.05, 0) is 31.6 Å². The molecule has 3 N–H and O–H groups in total. The van der Waals surface area contributed by atoms with Crippen LogP contribution in [0.1, 0.15) is 407 Å². The maximum absolute atomic E-state index is 13.1. The highest BCUT2D eigenvalue weighted by atomic mass is 31.2. The topological polar surface area (TPSA) is 237 Å². The summed E-state index contributed by atoms with van der Waals surface area (Å²) >= 11 is 0. The highest BCUT2D eigenvalue weighted by molar-refractivity contribution is 7.47. The van der Waals surface area contributed by atoms with Crippen LogP contribution in [0.2, 0.25) is 0 Å². The van der Waals surface area contributed by atoms with Crippen molar-refractivity contribution >= 4 is 39.5 Å². The molecule has 0 saturated carbocycles. The Hall–Kier alpha value is -1.94. The summed E-state index contributed by atoms with van der Waals surface area (Å²) in [5, 5.41) is 10.6. The molecule has 0 bridgehead atoms. The number of rotatable bonds is 77. The van der Waals surface area contributed by atoms with E-state index in [4.69, 9.17) is 37.0 Å². The molecule has 0 rings (SSSR count). The van der Waals surface area contributed by atoms with E-state index in [-0.39, 0.29) is 25.7 Å². The van der Waals surface area contributed by atoms with Gasteiger partial charge in [0.05, 0.1) is 26.4 Å². The standard InChI is InChI=1S/C77H150O17P2/c1-6-10-13-16-19-22-25-28-30-32-34-37-40-43-46-53-58-63-76(81)93-72(66-87-74(79)60-55-50-44-41-38-36-33-31-29-26-23-20-17-14-11-7-2)68-91-95(83,84)89-64-71(78)65-90-96(85,86)92-69-73(67-88-75(80)61-56-51-48-47-49-54-59-70(5)9-4)94-77(82)62-57-52-45-42-39-35-27-24-21-18-15-12-8-3/h70-73,78H,6-69H2,1-5H3,(H,83,84)(H,85,86)/t70?,71-,72-,73-/m1/s1. The molecule has 0 saturated heterocycles. The van der Waals surface area contributed by atoms with Crippen LogP contribution in [0.5, 0.6) is 0 Å². The van der Waals surface area contributed by atoms with Gasteiger partial charge in [-0.3, -0.25) is 37.3 Å². The highest BCUT2D eigenvalue weighted by Gasteiger charge is 2.30. The zero-order chi connectivity index (χ0) is 70.5. The number of aliphatic hydroxyl groups is 1. The molecule has 0 aromatic carbocycles. The Bertz CT molecular complexity index is 1840. The van der Waals surface area contributed by atoms with Crippen molar-refractivity contribution in [2.75, 3.05) is 39.6 Å². The molecule has 19 heteroatoms. The van der Waals surface area contributed by atoms with E-state index in [0.29, 0.717) is 25.7 Å². The van der Waals surface area contributed by atoms with Crippen LogP contribution < -0.4 is 0 Å². The molecule has 0 aliphatic rings. The van der Waals surface area contributed by atoms with E-state index in [2.05, 4.69) is 34.6 Å². The van der Waals surface area contributed by atoms with Crippen LogP contribution in [0, 0.1) is 5.92 Å². The molecule has 0 radical (unpaired) electrons. The number of carbonyl (C=O) groups excluding carboxylic acids is 4. The lowest BCUT2D eigenvalue weighted by Crippen LogP contribution is -2.30. The van der Waals surface area contributed by atoms with Crippen molar-refractivity contribution in [1.82, 2.24) is 0 Å². The molecule has 0 aliphatic heterocycles. The molecule has 0 aromatic rings. The highest BCUT2D eigenvalue weighted by Crippen LogP contribution is 2.45. The molecular weight excluding hydrogens is 1260 g/mol. The zero-order valence-electron chi connectivity index (χ0n) is 62.5. The first-order valence-electron chi connectivity index (χ1n) is 40.2. The summed E-state index contributed by atoms with van der Waals surface area (Å²) < 4.78 is 68.6. The molecule has 0 aliphatic carbocycles.